The second kappa shape index (κ2) is 8.96. The maximum absolute atomic E-state index is 13.4. The number of aromatic nitrogens is 3. The Bertz CT molecular complexity index is 780. The second-order valence-electron chi connectivity index (χ2n) is 6.15. The molecule has 1 unspecified atom stereocenters. The molecule has 1 aliphatic rings. The van der Waals surface area contributed by atoms with Gasteiger partial charge in [0.25, 0.3) is 0 Å². The van der Waals surface area contributed by atoms with E-state index in [2.05, 4.69) is 26.1 Å². The fourth-order valence-corrected chi connectivity index (χ4v) is 4.13. The zero-order chi connectivity index (χ0) is 18.5. The number of nitrogens with zero attached hydrogens (tertiary/aromatic N) is 3. The summed E-state index contributed by atoms with van der Waals surface area (Å²) in [5.41, 5.74) is 6.24. The highest BCUT2D eigenvalue weighted by Gasteiger charge is 2.21. The molecule has 0 bridgehead atoms. The van der Waals surface area contributed by atoms with Crippen LogP contribution in [-0.4, -0.2) is 33.4 Å². The summed E-state index contributed by atoms with van der Waals surface area (Å²) in [5, 5.41) is 9.27. The van der Waals surface area contributed by atoms with Crippen molar-refractivity contribution in [2.24, 2.45) is 5.73 Å². The topological polar surface area (TPSA) is 83.0 Å². The highest BCUT2D eigenvalue weighted by Crippen LogP contribution is 2.26. The zero-order valence-corrected chi connectivity index (χ0v) is 16.6. The number of hydrogen-bond donors (Lipinski definition) is 1. The summed E-state index contributed by atoms with van der Waals surface area (Å²) in [7, 11) is 0. The number of halogens is 2. The molecule has 2 N–H and O–H groups in total. The Morgan fingerprint density at radius 3 is 3.00 bits per heavy atom. The third-order valence-electron chi connectivity index (χ3n) is 4.15. The van der Waals surface area contributed by atoms with Crippen molar-refractivity contribution in [3.8, 4) is 0 Å². The number of aryl methyl sites for hydroxylation is 1. The fraction of sp³-hybridized carbons (Fsp3) is 0.471. The van der Waals surface area contributed by atoms with Crippen LogP contribution in [0.2, 0.25) is 0 Å². The van der Waals surface area contributed by atoms with E-state index in [-0.39, 0.29) is 24.2 Å². The molecule has 0 spiro atoms. The van der Waals surface area contributed by atoms with Crippen molar-refractivity contribution >= 4 is 33.6 Å². The standard InChI is InChI=1S/C17H20BrFN4O2S/c18-13-8-11(3-4-14(13)19)10-26-17-22-21-16(6-5-15(20)24)23(17)9-12-2-1-7-25-12/h3-4,8,12H,1-2,5-7,9-10H2,(H2,20,24). The Morgan fingerprint density at radius 2 is 2.31 bits per heavy atom. The average Bonchev–Trinajstić information content (AvgIpc) is 3.25. The number of carbonyl (C=O) groups is 1. The molecule has 1 amide bonds. The SMILES string of the molecule is NC(=O)CCc1nnc(SCc2ccc(F)c(Br)c2)n1CC1CCCO1. The van der Waals surface area contributed by atoms with Gasteiger partial charge in [-0.25, -0.2) is 4.39 Å². The van der Waals surface area contributed by atoms with Gasteiger partial charge in [0.05, 0.1) is 17.1 Å². The van der Waals surface area contributed by atoms with Gasteiger partial charge < -0.3 is 15.0 Å². The molecular formula is C17H20BrFN4O2S. The van der Waals surface area contributed by atoms with Crippen molar-refractivity contribution in [1.82, 2.24) is 14.8 Å². The molecule has 0 radical (unpaired) electrons. The van der Waals surface area contributed by atoms with Gasteiger partial charge in [0.1, 0.15) is 11.6 Å². The molecular weight excluding hydrogens is 423 g/mol. The van der Waals surface area contributed by atoms with Crippen molar-refractivity contribution in [3.63, 3.8) is 0 Å². The summed E-state index contributed by atoms with van der Waals surface area (Å²) in [6.07, 6.45) is 2.88. The first-order valence-electron chi connectivity index (χ1n) is 8.41. The molecule has 9 heteroatoms. The zero-order valence-electron chi connectivity index (χ0n) is 14.2. The molecule has 0 saturated carbocycles. The van der Waals surface area contributed by atoms with Crippen LogP contribution < -0.4 is 5.73 Å². The minimum Gasteiger partial charge on any atom is -0.376 e. The van der Waals surface area contributed by atoms with Gasteiger partial charge in [-0.15, -0.1) is 10.2 Å². The number of hydrogen-bond acceptors (Lipinski definition) is 5. The minimum absolute atomic E-state index is 0.137. The summed E-state index contributed by atoms with van der Waals surface area (Å²) in [4.78, 5) is 11.1. The number of primary amides is 1. The van der Waals surface area contributed by atoms with Crippen molar-refractivity contribution in [2.75, 3.05) is 6.61 Å². The molecule has 6 nitrogen and oxygen atoms in total. The summed E-state index contributed by atoms with van der Waals surface area (Å²) < 4.78 is 21.6. The van der Waals surface area contributed by atoms with Crippen molar-refractivity contribution in [1.29, 1.82) is 0 Å². The van der Waals surface area contributed by atoms with E-state index in [9.17, 15) is 9.18 Å². The average molecular weight is 443 g/mol. The van der Waals surface area contributed by atoms with Gasteiger partial charge in [0, 0.05) is 25.2 Å². The molecule has 1 aromatic heterocycles. The first kappa shape index (κ1) is 19.3. The highest BCUT2D eigenvalue weighted by atomic mass is 79.9. The quantitative estimate of drug-likeness (QED) is 0.635. The lowest BCUT2D eigenvalue weighted by Gasteiger charge is -2.14. The first-order valence-corrected chi connectivity index (χ1v) is 10.2. The highest BCUT2D eigenvalue weighted by molar-refractivity contribution is 9.10. The summed E-state index contributed by atoms with van der Waals surface area (Å²) in [6, 6.07) is 4.95. The predicted octanol–water partition coefficient (Wildman–Crippen LogP) is 3.07. The normalized spacial score (nSPS) is 16.9. The number of ether oxygens (including phenoxy) is 1. The summed E-state index contributed by atoms with van der Waals surface area (Å²) in [5.74, 6) is 0.733. The van der Waals surface area contributed by atoms with Crippen LogP contribution in [0.25, 0.3) is 0 Å². The van der Waals surface area contributed by atoms with Crippen LogP contribution in [-0.2, 0) is 28.2 Å². The summed E-state index contributed by atoms with van der Waals surface area (Å²) >= 11 is 4.73. The Kier molecular flexibility index (Phi) is 6.66. The largest absolute Gasteiger partial charge is 0.376 e. The van der Waals surface area contributed by atoms with Gasteiger partial charge in [0.2, 0.25) is 5.91 Å². The molecule has 140 valence electrons. The third kappa shape index (κ3) is 5.05. The number of amides is 1. The first-order chi connectivity index (χ1) is 12.5. The van der Waals surface area contributed by atoms with E-state index in [1.807, 2.05) is 4.57 Å². The third-order valence-corrected chi connectivity index (χ3v) is 5.80. The molecule has 2 aromatic rings. The minimum atomic E-state index is -0.359. The van der Waals surface area contributed by atoms with Gasteiger partial charge >= 0.3 is 0 Å². The van der Waals surface area contributed by atoms with Crippen LogP contribution in [0.4, 0.5) is 4.39 Å². The number of benzene rings is 1. The van der Waals surface area contributed by atoms with Crippen LogP contribution >= 0.6 is 27.7 Å². The molecule has 1 aliphatic heterocycles. The molecule has 1 aromatic carbocycles. The summed E-state index contributed by atoms with van der Waals surface area (Å²) in [6.45, 7) is 1.44. The van der Waals surface area contributed by atoms with E-state index in [0.29, 0.717) is 23.2 Å². The Hall–Kier alpha value is -1.45. The number of thioether (sulfide) groups is 1. The van der Waals surface area contributed by atoms with E-state index in [1.165, 1.54) is 17.8 Å². The Labute approximate surface area is 163 Å². The molecule has 3 rings (SSSR count). The lowest BCUT2D eigenvalue weighted by molar-refractivity contribution is -0.118. The molecule has 1 fully saturated rings. The predicted molar refractivity (Wildman–Crippen MR) is 100 cm³/mol. The van der Waals surface area contributed by atoms with Crippen LogP contribution in [0.3, 0.4) is 0 Å². The van der Waals surface area contributed by atoms with Crippen LogP contribution in [0, 0.1) is 5.82 Å². The lowest BCUT2D eigenvalue weighted by Crippen LogP contribution is -2.19. The molecule has 1 saturated heterocycles. The van der Waals surface area contributed by atoms with Crippen LogP contribution in [0.5, 0.6) is 0 Å². The number of rotatable bonds is 8. The van der Waals surface area contributed by atoms with Crippen molar-refractivity contribution in [3.05, 3.63) is 39.9 Å². The molecule has 1 atom stereocenters. The van der Waals surface area contributed by atoms with Gasteiger partial charge in [0.15, 0.2) is 5.16 Å². The van der Waals surface area contributed by atoms with Crippen LogP contribution in [0.1, 0.15) is 30.7 Å². The number of nitrogens with two attached hydrogens (primary N) is 1. The lowest BCUT2D eigenvalue weighted by atomic mass is 10.2. The van der Waals surface area contributed by atoms with Gasteiger partial charge in [-0.05, 0) is 46.5 Å². The van der Waals surface area contributed by atoms with Crippen LogP contribution in [0.15, 0.2) is 27.8 Å². The Morgan fingerprint density at radius 1 is 1.46 bits per heavy atom. The molecule has 26 heavy (non-hydrogen) atoms. The van der Waals surface area contributed by atoms with Gasteiger partial charge in [-0.3, -0.25) is 4.79 Å². The van der Waals surface area contributed by atoms with E-state index in [1.54, 1.807) is 12.1 Å². The van der Waals surface area contributed by atoms with Gasteiger partial charge in [-0.1, -0.05) is 17.8 Å². The Balaban J connectivity index is 1.73. The maximum atomic E-state index is 13.4. The van der Waals surface area contributed by atoms with E-state index in [0.717, 1.165) is 36.0 Å². The van der Waals surface area contributed by atoms with E-state index >= 15 is 0 Å². The maximum Gasteiger partial charge on any atom is 0.217 e. The fourth-order valence-electron chi connectivity index (χ4n) is 2.80. The van der Waals surface area contributed by atoms with Crippen molar-refractivity contribution in [2.45, 2.75) is 49.2 Å². The van der Waals surface area contributed by atoms with E-state index in [4.69, 9.17) is 10.5 Å². The molecule has 2 heterocycles. The van der Waals surface area contributed by atoms with Gasteiger partial charge in [-0.2, -0.15) is 0 Å². The number of carbonyl (C=O) groups excluding carboxylic acids is 1. The molecule has 0 aliphatic carbocycles. The van der Waals surface area contributed by atoms with Crippen molar-refractivity contribution < 1.29 is 13.9 Å². The van der Waals surface area contributed by atoms with E-state index < -0.39 is 0 Å². The monoisotopic (exact) mass is 442 g/mol. The second-order valence-corrected chi connectivity index (χ2v) is 7.94. The smallest absolute Gasteiger partial charge is 0.217 e.